The van der Waals surface area contributed by atoms with E-state index in [4.69, 9.17) is 6.42 Å². The first-order valence-electron chi connectivity index (χ1n) is 2.41. The Morgan fingerprint density at radius 3 is 2.00 bits per heavy atom. The molecule has 0 aliphatic heterocycles. The summed E-state index contributed by atoms with van der Waals surface area (Å²) in [6, 6.07) is 9.37. The van der Waals surface area contributed by atoms with Crippen molar-refractivity contribution in [1.82, 2.24) is 0 Å². The Kier molecular flexibility index (Phi) is 4.17. The van der Waals surface area contributed by atoms with Crippen LogP contribution in [-0.2, 0) is 22.4 Å². The molecule has 1 aromatic carbocycles. The van der Waals surface area contributed by atoms with Crippen LogP contribution in [-0.4, -0.2) is 0 Å². The molecule has 9 heavy (non-hydrogen) atoms. The van der Waals surface area contributed by atoms with Crippen molar-refractivity contribution in [3.8, 4) is 5.92 Å². The van der Waals surface area contributed by atoms with Crippen molar-refractivity contribution >= 4 is 0 Å². The van der Waals surface area contributed by atoms with Crippen LogP contribution in [0.1, 0.15) is 5.56 Å². The maximum atomic E-state index is 6.69. The maximum Gasteiger partial charge on any atom is 1.00 e. The summed E-state index contributed by atoms with van der Waals surface area (Å²) in [5, 5.41) is 0. The number of hydrogen-bond donors (Lipinski definition) is 0. The van der Waals surface area contributed by atoms with Gasteiger partial charge in [0.1, 0.15) is 0 Å². The minimum Gasteiger partial charge on any atom is -0.366 e. The molecular formula is C8H5Ag. The molecular weight excluding hydrogens is 204 g/mol. The van der Waals surface area contributed by atoms with Crippen molar-refractivity contribution in [3.63, 3.8) is 0 Å². The van der Waals surface area contributed by atoms with Crippen molar-refractivity contribution in [2.24, 2.45) is 0 Å². The minimum atomic E-state index is 0. The van der Waals surface area contributed by atoms with E-state index in [0.717, 1.165) is 5.56 Å². The second-order valence-electron chi connectivity index (χ2n) is 1.49. The van der Waals surface area contributed by atoms with E-state index in [1.807, 2.05) is 30.3 Å². The van der Waals surface area contributed by atoms with Crippen LogP contribution in [0.15, 0.2) is 30.3 Å². The molecule has 0 bridgehead atoms. The van der Waals surface area contributed by atoms with E-state index in [2.05, 4.69) is 5.92 Å². The molecule has 0 amide bonds. The molecule has 0 aliphatic carbocycles. The van der Waals surface area contributed by atoms with E-state index >= 15 is 0 Å². The third-order valence-electron chi connectivity index (χ3n) is 0.918. The summed E-state index contributed by atoms with van der Waals surface area (Å²) in [7, 11) is 0. The predicted molar refractivity (Wildman–Crippen MR) is 32.7 cm³/mol. The van der Waals surface area contributed by atoms with Crippen molar-refractivity contribution in [2.45, 2.75) is 0 Å². The van der Waals surface area contributed by atoms with Crippen LogP contribution in [0.5, 0.6) is 0 Å². The Labute approximate surface area is 70.8 Å². The zero-order valence-corrected chi connectivity index (χ0v) is 6.17. The molecule has 0 spiro atoms. The first kappa shape index (κ1) is 8.52. The van der Waals surface area contributed by atoms with E-state index in [-0.39, 0.29) is 22.4 Å². The average Bonchev–Trinajstić information content (AvgIpc) is 1.90. The summed E-state index contributed by atoms with van der Waals surface area (Å²) in [5.74, 6) is 2.28. The van der Waals surface area contributed by atoms with Crippen molar-refractivity contribution in [3.05, 3.63) is 42.3 Å². The van der Waals surface area contributed by atoms with Gasteiger partial charge in [0.2, 0.25) is 0 Å². The van der Waals surface area contributed by atoms with Crippen LogP contribution >= 0.6 is 0 Å². The molecule has 0 saturated carbocycles. The van der Waals surface area contributed by atoms with Gasteiger partial charge in [-0.3, -0.25) is 5.92 Å². The fraction of sp³-hybridized carbons (Fsp3) is 0. The number of rotatable bonds is 0. The fourth-order valence-electron chi connectivity index (χ4n) is 0.521. The Hall–Kier alpha value is -0.480. The Balaban J connectivity index is 0.000000640. The fourth-order valence-corrected chi connectivity index (χ4v) is 0.521. The van der Waals surface area contributed by atoms with Gasteiger partial charge in [0.05, 0.1) is 0 Å². The molecule has 1 rings (SSSR count). The quantitative estimate of drug-likeness (QED) is 0.346. The molecule has 1 heteroatoms. The zero-order valence-electron chi connectivity index (χ0n) is 4.69. The largest absolute Gasteiger partial charge is 1.00 e. The first-order chi connectivity index (χ1) is 3.93. The summed E-state index contributed by atoms with van der Waals surface area (Å²) in [6.07, 6.45) is 6.69. The first-order valence-corrected chi connectivity index (χ1v) is 2.41. The molecule has 0 atom stereocenters. The van der Waals surface area contributed by atoms with Gasteiger partial charge in [-0.05, 0) is 0 Å². The smallest absolute Gasteiger partial charge is 0.366 e. The Morgan fingerprint density at radius 1 is 1.11 bits per heavy atom. The van der Waals surface area contributed by atoms with Crippen LogP contribution in [0.4, 0.5) is 0 Å². The van der Waals surface area contributed by atoms with Gasteiger partial charge in [0, 0.05) is 0 Å². The van der Waals surface area contributed by atoms with Gasteiger partial charge in [-0.1, -0.05) is 18.2 Å². The van der Waals surface area contributed by atoms with Crippen LogP contribution in [0, 0.1) is 12.3 Å². The van der Waals surface area contributed by atoms with Crippen molar-refractivity contribution in [2.75, 3.05) is 0 Å². The Morgan fingerprint density at radius 2 is 1.67 bits per heavy atom. The molecule has 0 fully saturated rings. The van der Waals surface area contributed by atoms with Crippen molar-refractivity contribution < 1.29 is 22.4 Å². The summed E-state index contributed by atoms with van der Waals surface area (Å²) in [5.41, 5.74) is 0.826. The summed E-state index contributed by atoms with van der Waals surface area (Å²) >= 11 is 0. The average molecular weight is 209 g/mol. The van der Waals surface area contributed by atoms with Crippen LogP contribution in [0.3, 0.4) is 0 Å². The van der Waals surface area contributed by atoms with Gasteiger partial charge in [-0.2, -0.15) is 0 Å². The maximum absolute atomic E-state index is 6.69. The van der Waals surface area contributed by atoms with Gasteiger partial charge in [0.25, 0.3) is 0 Å². The summed E-state index contributed by atoms with van der Waals surface area (Å²) < 4.78 is 0. The molecule has 0 saturated heterocycles. The normalized spacial score (nSPS) is 7.00. The standard InChI is InChI=1S/C8H5.Ag/c1-2-8-6-4-3-5-7-8;/h3-7H;/q-1;+1. The van der Waals surface area contributed by atoms with Gasteiger partial charge < -0.3 is 6.42 Å². The van der Waals surface area contributed by atoms with E-state index in [1.54, 1.807) is 0 Å². The van der Waals surface area contributed by atoms with Gasteiger partial charge >= 0.3 is 22.4 Å². The van der Waals surface area contributed by atoms with Crippen LogP contribution < -0.4 is 0 Å². The third-order valence-corrected chi connectivity index (χ3v) is 0.918. The second kappa shape index (κ2) is 4.40. The molecule has 0 unspecified atom stereocenters. The van der Waals surface area contributed by atoms with Gasteiger partial charge in [-0.15, -0.1) is 17.7 Å². The van der Waals surface area contributed by atoms with Crippen LogP contribution in [0.25, 0.3) is 0 Å². The predicted octanol–water partition coefficient (Wildman–Crippen LogP) is 1.62. The SMILES string of the molecule is [Ag+].[C-]#Cc1ccccc1. The van der Waals surface area contributed by atoms with E-state index in [1.165, 1.54) is 0 Å². The monoisotopic (exact) mass is 208 g/mol. The van der Waals surface area contributed by atoms with Crippen LogP contribution in [0.2, 0.25) is 0 Å². The minimum absolute atomic E-state index is 0. The van der Waals surface area contributed by atoms with Gasteiger partial charge in [-0.25, -0.2) is 0 Å². The topological polar surface area (TPSA) is 0 Å². The second-order valence-corrected chi connectivity index (χ2v) is 1.49. The number of benzene rings is 1. The molecule has 0 nitrogen and oxygen atoms in total. The summed E-state index contributed by atoms with van der Waals surface area (Å²) in [4.78, 5) is 0. The number of hydrogen-bond acceptors (Lipinski definition) is 0. The van der Waals surface area contributed by atoms with E-state index in [0.29, 0.717) is 0 Å². The van der Waals surface area contributed by atoms with E-state index < -0.39 is 0 Å². The van der Waals surface area contributed by atoms with E-state index in [9.17, 15) is 0 Å². The zero-order chi connectivity index (χ0) is 5.82. The molecule has 0 N–H and O–H groups in total. The molecule has 0 aromatic heterocycles. The van der Waals surface area contributed by atoms with Gasteiger partial charge in [0.15, 0.2) is 0 Å². The molecule has 1 aromatic rings. The molecule has 0 heterocycles. The third kappa shape index (κ3) is 2.53. The molecule has 48 valence electrons. The summed E-state index contributed by atoms with van der Waals surface area (Å²) in [6.45, 7) is 0. The molecule has 0 radical (unpaired) electrons. The Bertz CT molecular complexity index is 196. The molecule has 0 aliphatic rings. The van der Waals surface area contributed by atoms with Crippen molar-refractivity contribution in [1.29, 1.82) is 0 Å².